The summed E-state index contributed by atoms with van der Waals surface area (Å²) in [6.07, 6.45) is 1.89. The van der Waals surface area contributed by atoms with Crippen LogP contribution in [0.5, 0.6) is 0 Å². The number of nitrogens with zero attached hydrogens (tertiary/aromatic N) is 2. The molecule has 13 N–H and O–H groups in total. The number of aliphatic hydroxyl groups excluding tert-OH is 1. The molecule has 0 saturated heterocycles. The van der Waals surface area contributed by atoms with Gasteiger partial charge in [0.25, 0.3) is 0 Å². The summed E-state index contributed by atoms with van der Waals surface area (Å²) in [5.41, 5.74) is 10.9. The van der Waals surface area contributed by atoms with Crippen LogP contribution in [0.2, 0.25) is 0 Å². The number of thiol groups is 1. The lowest BCUT2D eigenvalue weighted by Gasteiger charge is -2.30. The number of imidazole rings is 1. The zero-order valence-corrected chi connectivity index (χ0v) is 42.6. The maximum atomic E-state index is 14.0. The van der Waals surface area contributed by atoms with Crippen molar-refractivity contribution in [2.24, 2.45) is 17.4 Å². The van der Waals surface area contributed by atoms with Gasteiger partial charge in [-0.1, -0.05) is 44.2 Å². The first-order chi connectivity index (χ1) is 32.6. The molecule has 0 saturated carbocycles. The Morgan fingerprint density at radius 1 is 0.857 bits per heavy atom. The topological polar surface area (TPSA) is 369 Å². The number of phosphoric ester groups is 1. The monoisotopic (exact) mass is 1030 g/mol. The summed E-state index contributed by atoms with van der Waals surface area (Å²) in [7, 11) is -5.13. The minimum absolute atomic E-state index is 0.0202. The molecule has 70 heavy (non-hydrogen) atoms. The summed E-state index contributed by atoms with van der Waals surface area (Å²) in [6.45, 7) is 11.5. The normalized spacial score (nSPS) is 14.6. The summed E-state index contributed by atoms with van der Waals surface area (Å²) in [5.74, 6) is -5.51. The highest BCUT2D eigenvalue weighted by atomic mass is 32.1. The number of aromatic amines is 1. The lowest BCUT2D eigenvalue weighted by atomic mass is 10.0. The number of hydrogen-bond donors (Lipinski definition) is 12. The second-order valence-corrected chi connectivity index (χ2v) is 19.9. The van der Waals surface area contributed by atoms with Crippen molar-refractivity contribution in [3.63, 3.8) is 0 Å². The largest absolute Gasteiger partial charge is 0.469 e. The highest BCUT2D eigenvalue weighted by molar-refractivity contribution is 7.80. The van der Waals surface area contributed by atoms with Crippen molar-refractivity contribution >= 4 is 61.8 Å². The second kappa shape index (κ2) is 29.4. The lowest BCUT2D eigenvalue weighted by molar-refractivity contribution is -0.140. The van der Waals surface area contributed by atoms with Crippen LogP contribution in [0.1, 0.15) is 85.4 Å². The van der Waals surface area contributed by atoms with E-state index in [0.717, 1.165) is 12.5 Å². The number of hydrogen-bond acceptors (Lipinski definition) is 15. The molecule has 0 spiro atoms. The Kier molecular flexibility index (Phi) is 25.7. The zero-order valence-electron chi connectivity index (χ0n) is 40.8. The Labute approximate surface area is 413 Å². The van der Waals surface area contributed by atoms with E-state index in [2.05, 4.69) is 53.7 Å². The molecule has 1 aromatic carbocycles. The van der Waals surface area contributed by atoms with Gasteiger partial charge in [0.1, 0.15) is 24.2 Å². The molecule has 6 atom stereocenters. The number of nitrogens with one attached hydrogen (secondary N) is 6. The molecule has 0 aliphatic heterocycles. The van der Waals surface area contributed by atoms with E-state index in [1.807, 2.05) is 33.8 Å². The molecular formula is C44H73N10O14PS. The van der Waals surface area contributed by atoms with E-state index in [4.69, 9.17) is 30.7 Å². The average molecular weight is 1030 g/mol. The fourth-order valence-electron chi connectivity index (χ4n) is 6.66. The Morgan fingerprint density at radius 2 is 1.46 bits per heavy atom. The summed E-state index contributed by atoms with van der Waals surface area (Å²) in [4.78, 5) is 119. The average Bonchev–Trinajstić information content (AvgIpc) is 3.78. The summed E-state index contributed by atoms with van der Waals surface area (Å²) >= 11 is 4.05. The van der Waals surface area contributed by atoms with Crippen LogP contribution in [0.15, 0.2) is 42.9 Å². The number of ether oxygens (including phenoxy) is 2. The van der Waals surface area contributed by atoms with Crippen LogP contribution in [0.25, 0.3) is 0 Å². The first-order valence-electron chi connectivity index (χ1n) is 22.7. The van der Waals surface area contributed by atoms with Gasteiger partial charge in [-0.05, 0) is 65.4 Å². The molecule has 0 aliphatic carbocycles. The smallest absolute Gasteiger partial charge is 0.394 e. The van der Waals surface area contributed by atoms with E-state index in [1.54, 1.807) is 38.1 Å². The van der Waals surface area contributed by atoms with Gasteiger partial charge in [0.15, 0.2) is 0 Å². The molecule has 0 radical (unpaired) electrons. The predicted molar refractivity (Wildman–Crippen MR) is 259 cm³/mol. The second-order valence-electron chi connectivity index (χ2n) is 18.3. The van der Waals surface area contributed by atoms with Crippen LogP contribution in [-0.4, -0.2) is 157 Å². The van der Waals surface area contributed by atoms with Gasteiger partial charge in [0.2, 0.25) is 41.4 Å². The molecule has 26 heteroatoms. The van der Waals surface area contributed by atoms with Crippen LogP contribution in [0.3, 0.4) is 0 Å². The SMILES string of the molecule is CC(C)CC(NC(=O)CN(Cc1ccccc1)C(=O)CCOC(C)(C)CCOC(C)(C)CCNC(=O)C(N)CS)C(=O)NC(Cc1cnc[nH]1)C(=O)NC(CO)C(=O)NC(C(N)=O)C(C)OP(=O)(O)O. The third-order valence-electron chi connectivity index (χ3n) is 10.6. The number of aromatic nitrogens is 2. The van der Waals surface area contributed by atoms with Crippen molar-refractivity contribution in [1.82, 2.24) is 41.5 Å². The lowest BCUT2D eigenvalue weighted by Crippen LogP contribution is -2.60. The molecule has 0 aliphatic rings. The zero-order chi connectivity index (χ0) is 52.8. The van der Waals surface area contributed by atoms with Crippen LogP contribution < -0.4 is 38.1 Å². The third-order valence-corrected chi connectivity index (χ3v) is 11.6. The van der Waals surface area contributed by atoms with Crippen LogP contribution in [-0.2, 0) is 65.1 Å². The third kappa shape index (κ3) is 23.8. The number of rotatable bonds is 33. The summed E-state index contributed by atoms with van der Waals surface area (Å²) in [6, 6.07) is 2.05. The number of carbonyl (C=O) groups is 7. The van der Waals surface area contributed by atoms with Gasteiger partial charge in [0, 0.05) is 37.2 Å². The Balaban J connectivity index is 2.18. The van der Waals surface area contributed by atoms with Crippen LogP contribution in [0.4, 0.5) is 0 Å². The minimum Gasteiger partial charge on any atom is -0.394 e. The fourth-order valence-corrected chi connectivity index (χ4v) is 7.38. The first kappa shape index (κ1) is 61.1. The van der Waals surface area contributed by atoms with Crippen molar-refractivity contribution < 1.29 is 67.0 Å². The van der Waals surface area contributed by atoms with Crippen molar-refractivity contribution in [2.45, 2.75) is 135 Å². The van der Waals surface area contributed by atoms with Crippen molar-refractivity contribution in [2.75, 3.05) is 38.7 Å². The molecule has 2 rings (SSSR count). The Hall–Kier alpha value is -4.98. The summed E-state index contributed by atoms with van der Waals surface area (Å²) in [5, 5.41) is 22.5. The van der Waals surface area contributed by atoms with Gasteiger partial charge in [-0.25, -0.2) is 9.55 Å². The number of primary amides is 1. The number of carbonyl (C=O) groups excluding carboxylic acids is 7. The molecular weight excluding hydrogens is 956 g/mol. The maximum Gasteiger partial charge on any atom is 0.469 e. The quantitative estimate of drug-likeness (QED) is 0.0304. The van der Waals surface area contributed by atoms with E-state index < -0.39 is 104 Å². The molecule has 6 unspecified atom stereocenters. The van der Waals surface area contributed by atoms with Gasteiger partial charge < -0.3 is 72.3 Å². The van der Waals surface area contributed by atoms with Gasteiger partial charge in [-0.2, -0.15) is 12.6 Å². The molecule has 1 heterocycles. The fraction of sp³-hybridized carbons (Fsp3) is 0.636. The van der Waals surface area contributed by atoms with Gasteiger partial charge in [-0.15, -0.1) is 0 Å². The van der Waals surface area contributed by atoms with Gasteiger partial charge in [0.05, 0.1) is 62.5 Å². The van der Waals surface area contributed by atoms with Crippen LogP contribution >= 0.6 is 20.5 Å². The van der Waals surface area contributed by atoms with E-state index in [0.29, 0.717) is 31.7 Å². The highest BCUT2D eigenvalue weighted by Crippen LogP contribution is 2.38. The number of aliphatic hydroxyl groups is 1. The highest BCUT2D eigenvalue weighted by Gasteiger charge is 2.35. The van der Waals surface area contributed by atoms with Gasteiger partial charge in [-0.3, -0.25) is 38.1 Å². The van der Waals surface area contributed by atoms with E-state index in [-0.39, 0.29) is 50.0 Å². The van der Waals surface area contributed by atoms with E-state index in [9.17, 15) is 43.2 Å². The number of H-pyrrole nitrogens is 1. The number of nitrogens with two attached hydrogens (primary N) is 2. The molecule has 0 fully saturated rings. The number of amides is 7. The Bertz CT molecular complexity index is 2040. The molecule has 7 amide bonds. The predicted octanol–water partition coefficient (Wildman–Crippen LogP) is -0.924. The Morgan fingerprint density at radius 3 is 2.03 bits per heavy atom. The molecule has 1 aromatic heterocycles. The van der Waals surface area contributed by atoms with Crippen molar-refractivity contribution in [1.29, 1.82) is 0 Å². The van der Waals surface area contributed by atoms with Crippen LogP contribution in [0, 0.1) is 5.92 Å². The van der Waals surface area contributed by atoms with Crippen molar-refractivity contribution in [3.8, 4) is 0 Å². The number of benzene rings is 1. The van der Waals surface area contributed by atoms with Gasteiger partial charge >= 0.3 is 7.82 Å². The minimum atomic E-state index is -5.13. The van der Waals surface area contributed by atoms with E-state index in [1.165, 1.54) is 17.4 Å². The molecule has 0 bridgehead atoms. The first-order valence-corrected chi connectivity index (χ1v) is 24.9. The van der Waals surface area contributed by atoms with E-state index >= 15 is 0 Å². The molecule has 24 nitrogen and oxygen atoms in total. The molecule has 2 aromatic rings. The maximum absolute atomic E-state index is 14.0. The number of phosphoric acid groups is 1. The molecule has 394 valence electrons. The summed E-state index contributed by atoms with van der Waals surface area (Å²) < 4.78 is 28.0. The van der Waals surface area contributed by atoms with Crippen molar-refractivity contribution in [3.05, 3.63) is 54.1 Å². The standard InChI is InChI=1S/C44H73N10O14PS/c1-27(2)19-32(40(60)51-33(20-30-21-47-26-49-30)41(61)52-34(24-55)42(62)53-37(38(46)58)28(3)68-69(63,64)65)50-35(56)23-54(22-29-11-9-8-10-12-29)36(57)13-17-66-44(6,7)15-18-67-43(4,5)14-16-48-39(59)31(45)25-70/h8-12,21,26-28,31-34,37,55,70H,13-20,22-25,45H2,1-7H3,(H2,46,58)(H,47,49)(H,48,59)(H,50,56)(H,51,60)(H,52,61)(H,53,62)(H2,63,64,65).